The lowest BCUT2D eigenvalue weighted by Crippen LogP contribution is -2.33. The van der Waals surface area contributed by atoms with Crippen molar-refractivity contribution in [2.45, 2.75) is 25.3 Å². The molecule has 1 fully saturated rings. The second-order valence-corrected chi connectivity index (χ2v) is 3.88. The summed E-state index contributed by atoms with van der Waals surface area (Å²) >= 11 is 0. The van der Waals surface area contributed by atoms with Gasteiger partial charge < -0.3 is 11.1 Å². The van der Waals surface area contributed by atoms with Gasteiger partial charge in [-0.2, -0.15) is 5.10 Å². The number of aromatic nitrogens is 2. The van der Waals surface area contributed by atoms with Crippen molar-refractivity contribution in [1.29, 1.82) is 0 Å². The first kappa shape index (κ1) is 13.3. The number of nitrogens with one attached hydrogen (secondary N) is 1. The zero-order valence-electron chi connectivity index (χ0n) is 9.39. The second-order valence-electron chi connectivity index (χ2n) is 3.88. The fraction of sp³-hybridized carbons (Fsp3) is 0.600. The lowest BCUT2D eigenvalue weighted by molar-refractivity contribution is 0.705. The van der Waals surface area contributed by atoms with Gasteiger partial charge in [-0.15, -0.1) is 24.0 Å². The van der Waals surface area contributed by atoms with Crippen molar-refractivity contribution >= 4 is 29.9 Å². The molecule has 1 aliphatic rings. The summed E-state index contributed by atoms with van der Waals surface area (Å²) in [5, 5.41) is 7.25. The Morgan fingerprint density at radius 1 is 1.69 bits per heavy atom. The van der Waals surface area contributed by atoms with Crippen molar-refractivity contribution in [3.63, 3.8) is 0 Å². The van der Waals surface area contributed by atoms with Crippen LogP contribution in [-0.2, 0) is 13.5 Å². The number of hydrogen-bond donors (Lipinski definition) is 2. The Bertz CT molecular complexity index is 356. The van der Waals surface area contributed by atoms with E-state index < -0.39 is 0 Å². The molecule has 1 aromatic rings. The third-order valence-corrected chi connectivity index (χ3v) is 2.50. The minimum absolute atomic E-state index is 0. The predicted molar refractivity (Wildman–Crippen MR) is 75.0 cm³/mol. The molecule has 1 saturated carbocycles. The third-order valence-electron chi connectivity index (χ3n) is 2.50. The number of halogens is 1. The molecule has 1 heterocycles. The van der Waals surface area contributed by atoms with Crippen LogP contribution in [0.15, 0.2) is 17.3 Å². The number of aryl methyl sites for hydroxylation is 1. The zero-order valence-corrected chi connectivity index (χ0v) is 11.7. The average molecular weight is 335 g/mol. The van der Waals surface area contributed by atoms with Crippen molar-refractivity contribution in [3.05, 3.63) is 18.0 Å². The van der Waals surface area contributed by atoms with Gasteiger partial charge in [0.05, 0.1) is 0 Å². The van der Waals surface area contributed by atoms with E-state index in [2.05, 4.69) is 15.4 Å². The average Bonchev–Trinajstić information content (AvgIpc) is 2.91. The van der Waals surface area contributed by atoms with E-state index in [-0.39, 0.29) is 24.0 Å². The van der Waals surface area contributed by atoms with Crippen molar-refractivity contribution < 1.29 is 0 Å². The molecule has 0 atom stereocenters. The molecule has 1 aliphatic carbocycles. The van der Waals surface area contributed by atoms with Crippen LogP contribution in [0.4, 0.5) is 0 Å². The van der Waals surface area contributed by atoms with E-state index in [9.17, 15) is 0 Å². The monoisotopic (exact) mass is 335 g/mol. The van der Waals surface area contributed by atoms with E-state index in [1.54, 1.807) is 6.20 Å². The number of hydrogen-bond acceptors (Lipinski definition) is 2. The highest BCUT2D eigenvalue weighted by Crippen LogP contribution is 2.17. The molecule has 1 aromatic heterocycles. The van der Waals surface area contributed by atoms with Crippen LogP contribution >= 0.6 is 24.0 Å². The third kappa shape index (κ3) is 3.99. The number of aliphatic imine (C=N–C) groups is 1. The normalized spacial score (nSPS) is 15.7. The lowest BCUT2D eigenvalue weighted by atomic mass is 10.3. The summed E-state index contributed by atoms with van der Waals surface area (Å²) in [7, 11) is 1.94. The van der Waals surface area contributed by atoms with Gasteiger partial charge in [-0.25, -0.2) is 0 Å². The molecule has 0 amide bonds. The van der Waals surface area contributed by atoms with Crippen molar-refractivity contribution in [2.75, 3.05) is 6.54 Å². The minimum Gasteiger partial charge on any atom is -0.370 e. The maximum Gasteiger partial charge on any atom is 0.188 e. The molecule has 16 heavy (non-hydrogen) atoms. The first-order valence-corrected chi connectivity index (χ1v) is 5.29. The fourth-order valence-corrected chi connectivity index (χ4v) is 1.42. The van der Waals surface area contributed by atoms with Crippen LogP contribution in [0.25, 0.3) is 0 Å². The molecule has 0 saturated heterocycles. The standard InChI is InChI=1S/C10H17N5.HI/c1-15-9(5-7-13-15)4-6-12-10(11)14-8-2-3-8;/h5,7-8H,2-4,6H2,1H3,(H3,11,12,14);1H. The number of nitrogens with zero attached hydrogens (tertiary/aromatic N) is 3. The molecule has 0 aliphatic heterocycles. The Morgan fingerprint density at radius 2 is 2.44 bits per heavy atom. The van der Waals surface area contributed by atoms with Gasteiger partial charge in [-0.05, 0) is 18.9 Å². The summed E-state index contributed by atoms with van der Waals surface area (Å²) in [4.78, 5) is 4.26. The van der Waals surface area contributed by atoms with Crippen LogP contribution in [0.2, 0.25) is 0 Å². The molecule has 2 rings (SSSR count). The summed E-state index contributed by atoms with van der Waals surface area (Å²) in [6, 6.07) is 2.57. The Labute approximate surface area is 113 Å². The number of guanidine groups is 1. The molecule has 3 N–H and O–H groups in total. The fourth-order valence-electron chi connectivity index (χ4n) is 1.42. The summed E-state index contributed by atoms with van der Waals surface area (Å²) in [5.74, 6) is 0.569. The predicted octanol–water partition coefficient (Wildman–Crippen LogP) is 0.647. The van der Waals surface area contributed by atoms with Gasteiger partial charge in [0, 0.05) is 37.9 Å². The molecule has 0 spiro atoms. The van der Waals surface area contributed by atoms with Gasteiger partial charge in [0.2, 0.25) is 0 Å². The van der Waals surface area contributed by atoms with E-state index >= 15 is 0 Å². The van der Waals surface area contributed by atoms with Crippen molar-refractivity contribution in [1.82, 2.24) is 15.1 Å². The largest absolute Gasteiger partial charge is 0.370 e. The van der Waals surface area contributed by atoms with Crippen LogP contribution in [-0.4, -0.2) is 28.3 Å². The Morgan fingerprint density at radius 3 is 3.00 bits per heavy atom. The van der Waals surface area contributed by atoms with E-state index in [0.29, 0.717) is 18.5 Å². The van der Waals surface area contributed by atoms with Gasteiger partial charge in [-0.3, -0.25) is 9.67 Å². The molecular formula is C10H18IN5. The van der Waals surface area contributed by atoms with Crippen LogP contribution < -0.4 is 11.1 Å². The SMILES string of the molecule is Cn1nccc1CCN=C(N)NC1CC1.I. The van der Waals surface area contributed by atoms with Crippen molar-refractivity contribution in [2.24, 2.45) is 17.8 Å². The Balaban J connectivity index is 0.00000128. The molecule has 0 bridgehead atoms. The quantitative estimate of drug-likeness (QED) is 0.482. The number of nitrogens with two attached hydrogens (primary N) is 1. The molecule has 0 radical (unpaired) electrons. The maximum atomic E-state index is 5.71. The molecule has 90 valence electrons. The van der Waals surface area contributed by atoms with Gasteiger partial charge in [-0.1, -0.05) is 0 Å². The van der Waals surface area contributed by atoms with Gasteiger partial charge in [0.1, 0.15) is 0 Å². The van der Waals surface area contributed by atoms with E-state index in [1.807, 2.05) is 17.8 Å². The summed E-state index contributed by atoms with van der Waals surface area (Å²) in [5.41, 5.74) is 6.89. The highest BCUT2D eigenvalue weighted by atomic mass is 127. The first-order chi connectivity index (χ1) is 7.25. The van der Waals surface area contributed by atoms with Crippen LogP contribution in [0.1, 0.15) is 18.5 Å². The van der Waals surface area contributed by atoms with Crippen LogP contribution in [0.5, 0.6) is 0 Å². The summed E-state index contributed by atoms with van der Waals surface area (Å²) in [6.45, 7) is 0.713. The first-order valence-electron chi connectivity index (χ1n) is 5.29. The van der Waals surface area contributed by atoms with Gasteiger partial charge in [0.15, 0.2) is 5.96 Å². The van der Waals surface area contributed by atoms with E-state index in [1.165, 1.54) is 18.5 Å². The van der Waals surface area contributed by atoms with E-state index in [0.717, 1.165) is 6.42 Å². The van der Waals surface area contributed by atoms with Crippen LogP contribution in [0, 0.1) is 0 Å². The highest BCUT2D eigenvalue weighted by molar-refractivity contribution is 14.0. The molecule has 0 aromatic carbocycles. The summed E-state index contributed by atoms with van der Waals surface area (Å²) < 4.78 is 1.86. The molecule has 5 nitrogen and oxygen atoms in total. The van der Waals surface area contributed by atoms with Crippen LogP contribution in [0.3, 0.4) is 0 Å². The Kier molecular flexibility index (Phi) is 5.04. The lowest BCUT2D eigenvalue weighted by Gasteiger charge is -2.03. The smallest absolute Gasteiger partial charge is 0.188 e. The van der Waals surface area contributed by atoms with Gasteiger partial charge >= 0.3 is 0 Å². The maximum absolute atomic E-state index is 5.71. The van der Waals surface area contributed by atoms with Gasteiger partial charge in [0.25, 0.3) is 0 Å². The Hall–Kier alpha value is -0.790. The second kappa shape index (κ2) is 6.07. The zero-order chi connectivity index (χ0) is 10.7. The van der Waals surface area contributed by atoms with Crippen molar-refractivity contribution in [3.8, 4) is 0 Å². The topological polar surface area (TPSA) is 68.2 Å². The molecule has 0 unspecified atom stereocenters. The molecular weight excluding hydrogens is 317 g/mol. The number of rotatable bonds is 4. The minimum atomic E-state index is 0. The highest BCUT2D eigenvalue weighted by Gasteiger charge is 2.21. The summed E-state index contributed by atoms with van der Waals surface area (Å²) in [6.07, 6.45) is 5.12. The van der Waals surface area contributed by atoms with E-state index in [4.69, 9.17) is 5.73 Å². The molecule has 6 heteroatoms.